The Morgan fingerprint density at radius 1 is 1.53 bits per heavy atom. The maximum Gasteiger partial charge on any atom is 0.159 e. The van der Waals surface area contributed by atoms with E-state index in [0.717, 1.165) is 5.03 Å². The highest BCUT2D eigenvalue weighted by atomic mass is 32.2. The van der Waals surface area contributed by atoms with Crippen molar-refractivity contribution in [2.75, 3.05) is 0 Å². The number of hydrogen-bond acceptors (Lipinski definition) is 4. The zero-order valence-corrected chi connectivity index (χ0v) is 9.91. The summed E-state index contributed by atoms with van der Waals surface area (Å²) in [6, 6.07) is 3.45. The van der Waals surface area contributed by atoms with Gasteiger partial charge in [-0.2, -0.15) is 0 Å². The highest BCUT2D eigenvalue weighted by Crippen LogP contribution is 2.23. The lowest BCUT2D eigenvalue weighted by Gasteiger charge is -2.13. The average Bonchev–Trinajstić information content (AvgIpc) is 2.18. The van der Waals surface area contributed by atoms with Gasteiger partial charge in [0.05, 0.1) is 11.1 Å². The lowest BCUT2D eigenvalue weighted by molar-refractivity contribution is 0.101. The monoisotopic (exact) mass is 225 g/mol. The molecule has 2 atom stereocenters. The number of aliphatic hydroxyl groups excluding tert-OH is 1. The summed E-state index contributed by atoms with van der Waals surface area (Å²) in [4.78, 5) is 15.3. The molecule has 0 aliphatic heterocycles. The zero-order chi connectivity index (χ0) is 11.4. The standard InChI is InChI=1S/C11H15NO2S/c1-7(13)9(3)15-11-6-10(8(2)14)4-5-12-11/h4-7,9,13H,1-3H3. The van der Waals surface area contributed by atoms with Crippen LogP contribution in [0.1, 0.15) is 31.1 Å². The van der Waals surface area contributed by atoms with E-state index in [2.05, 4.69) is 4.98 Å². The molecule has 2 unspecified atom stereocenters. The van der Waals surface area contributed by atoms with Crippen LogP contribution in [0.25, 0.3) is 0 Å². The Labute approximate surface area is 93.9 Å². The minimum Gasteiger partial charge on any atom is -0.392 e. The highest BCUT2D eigenvalue weighted by molar-refractivity contribution is 7.99. The second kappa shape index (κ2) is 5.28. The van der Waals surface area contributed by atoms with Crippen LogP contribution in [0.2, 0.25) is 0 Å². The lowest BCUT2D eigenvalue weighted by atomic mass is 10.2. The molecule has 1 aromatic heterocycles. The molecule has 0 saturated heterocycles. The van der Waals surface area contributed by atoms with Crippen LogP contribution in [0.15, 0.2) is 23.4 Å². The first-order chi connectivity index (χ1) is 7.00. The van der Waals surface area contributed by atoms with Gasteiger partial charge in [0.25, 0.3) is 0 Å². The molecule has 0 amide bonds. The van der Waals surface area contributed by atoms with Crippen molar-refractivity contribution in [2.45, 2.75) is 37.2 Å². The number of hydrogen-bond donors (Lipinski definition) is 1. The van der Waals surface area contributed by atoms with Gasteiger partial charge in [-0.15, -0.1) is 11.8 Å². The summed E-state index contributed by atoms with van der Waals surface area (Å²) in [6.45, 7) is 5.20. The van der Waals surface area contributed by atoms with Crippen molar-refractivity contribution < 1.29 is 9.90 Å². The van der Waals surface area contributed by atoms with Crippen LogP contribution in [0.4, 0.5) is 0 Å². The molecule has 0 aliphatic rings. The normalized spacial score (nSPS) is 14.7. The molecule has 0 aliphatic carbocycles. The van der Waals surface area contributed by atoms with Gasteiger partial charge in [0.15, 0.2) is 5.78 Å². The smallest absolute Gasteiger partial charge is 0.159 e. The minimum atomic E-state index is -0.391. The molecule has 1 aromatic rings. The van der Waals surface area contributed by atoms with Crippen LogP contribution >= 0.6 is 11.8 Å². The second-order valence-corrected chi connectivity index (χ2v) is 4.90. The molecule has 0 radical (unpaired) electrons. The van der Waals surface area contributed by atoms with Crippen LogP contribution in [0.5, 0.6) is 0 Å². The molecular weight excluding hydrogens is 210 g/mol. The third kappa shape index (κ3) is 3.64. The van der Waals surface area contributed by atoms with Crippen molar-refractivity contribution >= 4 is 17.5 Å². The molecule has 1 heterocycles. The molecule has 82 valence electrons. The summed E-state index contributed by atoms with van der Waals surface area (Å²) in [7, 11) is 0. The van der Waals surface area contributed by atoms with Gasteiger partial charge in [0.1, 0.15) is 0 Å². The summed E-state index contributed by atoms with van der Waals surface area (Å²) in [5, 5.41) is 10.2. The van der Waals surface area contributed by atoms with E-state index in [1.54, 1.807) is 25.3 Å². The topological polar surface area (TPSA) is 50.2 Å². The van der Waals surface area contributed by atoms with Crippen LogP contribution < -0.4 is 0 Å². The van der Waals surface area contributed by atoms with Crippen LogP contribution in [-0.4, -0.2) is 27.2 Å². The zero-order valence-electron chi connectivity index (χ0n) is 9.10. The lowest BCUT2D eigenvalue weighted by Crippen LogP contribution is -2.15. The number of carbonyl (C=O) groups excluding carboxylic acids is 1. The number of thioether (sulfide) groups is 1. The molecule has 0 aromatic carbocycles. The second-order valence-electron chi connectivity index (χ2n) is 3.50. The summed E-state index contributed by atoms with van der Waals surface area (Å²) in [5.41, 5.74) is 0.658. The first kappa shape index (κ1) is 12.2. The maximum atomic E-state index is 11.1. The van der Waals surface area contributed by atoms with E-state index in [4.69, 9.17) is 0 Å². The number of nitrogens with zero attached hydrogens (tertiary/aromatic N) is 1. The molecule has 0 fully saturated rings. The van der Waals surface area contributed by atoms with Crippen molar-refractivity contribution in [3.05, 3.63) is 23.9 Å². The fraction of sp³-hybridized carbons (Fsp3) is 0.455. The van der Waals surface area contributed by atoms with Gasteiger partial charge in [-0.05, 0) is 26.0 Å². The highest BCUT2D eigenvalue weighted by Gasteiger charge is 2.11. The number of ketones is 1. The van der Waals surface area contributed by atoms with Gasteiger partial charge >= 0.3 is 0 Å². The minimum absolute atomic E-state index is 0.0314. The van der Waals surface area contributed by atoms with Gasteiger partial charge in [-0.1, -0.05) is 6.92 Å². The Balaban J connectivity index is 2.78. The molecule has 15 heavy (non-hydrogen) atoms. The Hall–Kier alpha value is -0.870. The summed E-state index contributed by atoms with van der Waals surface area (Å²) in [5.74, 6) is 0.0314. The number of rotatable bonds is 4. The number of Topliss-reactive ketones (excluding diaryl/α,β-unsaturated/α-hetero) is 1. The molecule has 0 saturated carbocycles. The van der Waals surface area contributed by atoms with Gasteiger partial charge in [0.2, 0.25) is 0 Å². The molecular formula is C11H15NO2S. The first-order valence-corrected chi connectivity index (χ1v) is 5.70. The van der Waals surface area contributed by atoms with Crippen LogP contribution in [0, 0.1) is 0 Å². The number of aromatic nitrogens is 1. The van der Waals surface area contributed by atoms with E-state index >= 15 is 0 Å². The molecule has 0 spiro atoms. The van der Waals surface area contributed by atoms with Crippen molar-refractivity contribution in [3.8, 4) is 0 Å². The predicted molar refractivity (Wildman–Crippen MR) is 61.2 cm³/mol. The quantitative estimate of drug-likeness (QED) is 0.630. The maximum absolute atomic E-state index is 11.1. The first-order valence-electron chi connectivity index (χ1n) is 4.82. The van der Waals surface area contributed by atoms with Crippen molar-refractivity contribution in [1.29, 1.82) is 0 Å². The molecule has 1 rings (SSSR count). The van der Waals surface area contributed by atoms with Crippen LogP contribution in [-0.2, 0) is 0 Å². The van der Waals surface area contributed by atoms with E-state index in [9.17, 15) is 9.90 Å². The summed E-state index contributed by atoms with van der Waals surface area (Å²) in [6.07, 6.45) is 1.23. The van der Waals surface area contributed by atoms with Crippen molar-refractivity contribution in [2.24, 2.45) is 0 Å². The Kier molecular flexibility index (Phi) is 4.29. The van der Waals surface area contributed by atoms with E-state index in [-0.39, 0.29) is 11.0 Å². The number of aliphatic hydroxyl groups is 1. The Morgan fingerprint density at radius 2 is 2.20 bits per heavy atom. The van der Waals surface area contributed by atoms with Gasteiger partial charge in [-0.3, -0.25) is 4.79 Å². The average molecular weight is 225 g/mol. The fourth-order valence-electron chi connectivity index (χ4n) is 0.982. The third-order valence-corrected chi connectivity index (χ3v) is 3.36. The van der Waals surface area contributed by atoms with E-state index in [0.29, 0.717) is 5.56 Å². The van der Waals surface area contributed by atoms with E-state index in [1.165, 1.54) is 18.7 Å². The SMILES string of the molecule is CC(=O)c1ccnc(SC(C)C(C)O)c1. The van der Waals surface area contributed by atoms with Gasteiger partial charge in [0, 0.05) is 17.0 Å². The number of pyridine rings is 1. The summed E-state index contributed by atoms with van der Waals surface area (Å²) >= 11 is 1.47. The van der Waals surface area contributed by atoms with Crippen molar-refractivity contribution in [1.82, 2.24) is 4.98 Å². The molecule has 3 nitrogen and oxygen atoms in total. The molecule has 4 heteroatoms. The summed E-state index contributed by atoms with van der Waals surface area (Å²) < 4.78 is 0. The fourth-order valence-corrected chi connectivity index (χ4v) is 1.88. The van der Waals surface area contributed by atoms with Gasteiger partial charge < -0.3 is 5.11 Å². The molecule has 1 N–H and O–H groups in total. The number of carbonyl (C=O) groups is 1. The third-order valence-electron chi connectivity index (χ3n) is 2.13. The van der Waals surface area contributed by atoms with Crippen molar-refractivity contribution in [3.63, 3.8) is 0 Å². The Bertz CT molecular complexity index is 352. The van der Waals surface area contributed by atoms with Gasteiger partial charge in [-0.25, -0.2) is 4.98 Å². The van der Waals surface area contributed by atoms with E-state index in [1.807, 2.05) is 6.92 Å². The Morgan fingerprint density at radius 3 is 2.73 bits per heavy atom. The van der Waals surface area contributed by atoms with E-state index < -0.39 is 6.10 Å². The van der Waals surface area contributed by atoms with Crippen LogP contribution in [0.3, 0.4) is 0 Å². The predicted octanol–water partition coefficient (Wildman–Crippen LogP) is 2.15. The molecule has 0 bridgehead atoms. The largest absolute Gasteiger partial charge is 0.392 e.